The number of hydrogen-bond donors (Lipinski definition) is 3. The first-order valence-corrected chi connectivity index (χ1v) is 8.30. The largest absolute Gasteiger partial charge is 0.387 e. The van der Waals surface area contributed by atoms with Crippen molar-refractivity contribution >= 4 is 10.0 Å². The predicted molar refractivity (Wildman–Crippen MR) is 78.2 cm³/mol. The molecule has 1 aromatic carbocycles. The van der Waals surface area contributed by atoms with E-state index in [1.54, 1.807) is 12.1 Å². The number of nitrogens with one attached hydrogen (secondary N) is 2. The number of β-amino-alcohol motifs (C(OH)–C–C–N with tert-alkyl or cyclic N) is 1. The summed E-state index contributed by atoms with van der Waals surface area (Å²) in [5, 5.41) is 13.4. The van der Waals surface area contributed by atoms with E-state index in [1.165, 1.54) is 0 Å². The lowest BCUT2D eigenvalue weighted by atomic mass is 9.95. The molecular formula is C14H22N2O3S. The van der Waals surface area contributed by atoms with Crippen LogP contribution in [0.25, 0.3) is 0 Å². The maximum Gasteiger partial charge on any atom is 0.240 e. The van der Waals surface area contributed by atoms with Crippen LogP contribution in [0.3, 0.4) is 0 Å². The van der Waals surface area contributed by atoms with Gasteiger partial charge in [0.1, 0.15) is 0 Å². The normalized spacial score (nSPS) is 23.8. The van der Waals surface area contributed by atoms with Gasteiger partial charge in [0.2, 0.25) is 10.0 Å². The average Bonchev–Trinajstić information content (AvgIpc) is 2.37. The molecule has 1 heterocycles. The van der Waals surface area contributed by atoms with Crippen LogP contribution >= 0.6 is 0 Å². The zero-order valence-electron chi connectivity index (χ0n) is 11.9. The Kier molecular flexibility index (Phi) is 4.49. The summed E-state index contributed by atoms with van der Waals surface area (Å²) in [7, 11) is -3.58. The van der Waals surface area contributed by atoms with Gasteiger partial charge in [0.05, 0.1) is 10.5 Å². The summed E-state index contributed by atoms with van der Waals surface area (Å²) in [6, 6.07) is 5.20. The van der Waals surface area contributed by atoms with Gasteiger partial charge in [-0.15, -0.1) is 0 Å². The number of aryl methyl sites for hydroxylation is 2. The molecule has 0 radical (unpaired) electrons. The van der Waals surface area contributed by atoms with Crippen molar-refractivity contribution in [2.24, 2.45) is 0 Å². The van der Waals surface area contributed by atoms with Gasteiger partial charge in [0.15, 0.2) is 0 Å². The van der Waals surface area contributed by atoms with Crippen LogP contribution in [-0.2, 0) is 10.0 Å². The van der Waals surface area contributed by atoms with Crippen LogP contribution in [0.1, 0.15) is 24.0 Å². The third-order valence-corrected chi connectivity index (χ3v) is 4.93. The summed E-state index contributed by atoms with van der Waals surface area (Å²) < 4.78 is 27.1. The zero-order valence-corrected chi connectivity index (χ0v) is 12.8. The van der Waals surface area contributed by atoms with Crippen molar-refractivity contribution in [1.29, 1.82) is 0 Å². The smallest absolute Gasteiger partial charge is 0.240 e. The minimum Gasteiger partial charge on any atom is -0.387 e. The first kappa shape index (κ1) is 15.4. The molecule has 1 fully saturated rings. The van der Waals surface area contributed by atoms with Gasteiger partial charge in [-0.2, -0.15) is 0 Å². The molecule has 1 unspecified atom stereocenters. The molecule has 0 bridgehead atoms. The Balaban J connectivity index is 2.11. The third-order valence-electron chi connectivity index (χ3n) is 3.55. The lowest BCUT2D eigenvalue weighted by Gasteiger charge is -2.32. The molecule has 6 heteroatoms. The highest BCUT2D eigenvalue weighted by molar-refractivity contribution is 7.89. The van der Waals surface area contributed by atoms with E-state index in [0.29, 0.717) is 13.0 Å². The van der Waals surface area contributed by atoms with Crippen molar-refractivity contribution in [3.63, 3.8) is 0 Å². The van der Waals surface area contributed by atoms with E-state index in [4.69, 9.17) is 0 Å². The minimum atomic E-state index is -3.58. The Hall–Kier alpha value is -0.950. The molecule has 1 aliphatic rings. The van der Waals surface area contributed by atoms with Gasteiger partial charge in [-0.3, -0.25) is 0 Å². The van der Waals surface area contributed by atoms with Gasteiger partial charge < -0.3 is 10.4 Å². The van der Waals surface area contributed by atoms with Crippen molar-refractivity contribution in [2.45, 2.75) is 37.2 Å². The number of sulfonamides is 1. The van der Waals surface area contributed by atoms with Gasteiger partial charge in [-0.25, -0.2) is 13.1 Å². The molecule has 3 N–H and O–H groups in total. The van der Waals surface area contributed by atoms with Crippen molar-refractivity contribution in [2.75, 3.05) is 19.6 Å². The monoisotopic (exact) mass is 298 g/mol. The van der Waals surface area contributed by atoms with E-state index in [-0.39, 0.29) is 11.4 Å². The van der Waals surface area contributed by atoms with Crippen molar-refractivity contribution in [1.82, 2.24) is 10.0 Å². The zero-order chi connectivity index (χ0) is 14.8. The SMILES string of the molecule is Cc1cc(C)cc(S(=O)(=O)NCC2(O)CCCNC2)c1. The number of rotatable bonds is 4. The van der Waals surface area contributed by atoms with Crippen LogP contribution in [0.5, 0.6) is 0 Å². The van der Waals surface area contributed by atoms with Crippen LogP contribution in [-0.4, -0.2) is 38.8 Å². The van der Waals surface area contributed by atoms with E-state index in [9.17, 15) is 13.5 Å². The molecule has 1 aromatic rings. The molecule has 5 nitrogen and oxygen atoms in total. The highest BCUT2D eigenvalue weighted by Crippen LogP contribution is 2.18. The molecule has 20 heavy (non-hydrogen) atoms. The van der Waals surface area contributed by atoms with Gasteiger partial charge in [0, 0.05) is 13.1 Å². The molecule has 2 rings (SSSR count). The van der Waals surface area contributed by atoms with Gasteiger partial charge in [-0.05, 0) is 56.5 Å². The fourth-order valence-corrected chi connectivity index (χ4v) is 3.81. The molecule has 1 atom stereocenters. The quantitative estimate of drug-likeness (QED) is 0.764. The first-order valence-electron chi connectivity index (χ1n) is 6.82. The minimum absolute atomic E-state index is 0.0370. The number of piperidine rings is 1. The number of aliphatic hydroxyl groups is 1. The van der Waals surface area contributed by atoms with Crippen LogP contribution in [0.4, 0.5) is 0 Å². The van der Waals surface area contributed by atoms with Gasteiger partial charge in [0.25, 0.3) is 0 Å². The van der Waals surface area contributed by atoms with E-state index < -0.39 is 15.6 Å². The van der Waals surface area contributed by atoms with Crippen molar-refractivity contribution in [3.05, 3.63) is 29.3 Å². The number of benzene rings is 1. The molecule has 0 amide bonds. The van der Waals surface area contributed by atoms with Crippen molar-refractivity contribution < 1.29 is 13.5 Å². The molecule has 0 aromatic heterocycles. The summed E-state index contributed by atoms with van der Waals surface area (Å²) in [6.45, 7) is 5.05. The van der Waals surface area contributed by atoms with E-state index >= 15 is 0 Å². The highest BCUT2D eigenvalue weighted by Gasteiger charge is 2.30. The Morgan fingerprint density at radius 3 is 2.50 bits per heavy atom. The Morgan fingerprint density at radius 1 is 1.30 bits per heavy atom. The summed E-state index contributed by atoms with van der Waals surface area (Å²) in [6.07, 6.45) is 1.46. The average molecular weight is 298 g/mol. The molecular weight excluding hydrogens is 276 g/mol. The van der Waals surface area contributed by atoms with Gasteiger partial charge in [-0.1, -0.05) is 6.07 Å². The summed E-state index contributed by atoms with van der Waals surface area (Å²) in [5.74, 6) is 0. The third kappa shape index (κ3) is 3.79. The molecule has 0 saturated carbocycles. The van der Waals surface area contributed by atoms with E-state index in [1.807, 2.05) is 19.9 Å². The van der Waals surface area contributed by atoms with Gasteiger partial charge >= 0.3 is 0 Å². The highest BCUT2D eigenvalue weighted by atomic mass is 32.2. The van der Waals surface area contributed by atoms with E-state index in [2.05, 4.69) is 10.0 Å². The second-order valence-corrected chi connectivity index (χ2v) is 7.42. The Morgan fingerprint density at radius 2 is 1.95 bits per heavy atom. The summed E-state index contributed by atoms with van der Waals surface area (Å²) in [5.41, 5.74) is 0.816. The summed E-state index contributed by atoms with van der Waals surface area (Å²) in [4.78, 5) is 0.252. The predicted octanol–water partition coefficient (Wildman–Crippen LogP) is 0.696. The van der Waals surface area contributed by atoms with Crippen LogP contribution < -0.4 is 10.0 Å². The lowest BCUT2D eigenvalue weighted by Crippen LogP contribution is -2.52. The van der Waals surface area contributed by atoms with Crippen LogP contribution in [0.15, 0.2) is 23.1 Å². The summed E-state index contributed by atoms with van der Waals surface area (Å²) >= 11 is 0. The Labute approximate surface area is 120 Å². The lowest BCUT2D eigenvalue weighted by molar-refractivity contribution is 0.0218. The topological polar surface area (TPSA) is 78.4 Å². The molecule has 1 saturated heterocycles. The molecule has 0 aliphatic carbocycles. The van der Waals surface area contributed by atoms with Crippen LogP contribution in [0, 0.1) is 13.8 Å². The molecule has 1 aliphatic heterocycles. The fourth-order valence-electron chi connectivity index (χ4n) is 2.50. The molecule has 112 valence electrons. The maximum atomic E-state index is 12.3. The number of hydrogen-bond acceptors (Lipinski definition) is 4. The standard InChI is InChI=1S/C14H22N2O3S/c1-11-6-12(2)8-13(7-11)20(18,19)16-10-14(17)4-3-5-15-9-14/h6-8,15-17H,3-5,9-10H2,1-2H3. The maximum absolute atomic E-state index is 12.3. The van der Waals surface area contributed by atoms with Crippen LogP contribution in [0.2, 0.25) is 0 Å². The first-order chi connectivity index (χ1) is 9.31. The second kappa shape index (κ2) is 5.81. The van der Waals surface area contributed by atoms with Crippen molar-refractivity contribution in [3.8, 4) is 0 Å². The Bertz CT molecular complexity index is 558. The fraction of sp³-hybridized carbons (Fsp3) is 0.571. The molecule has 0 spiro atoms. The second-order valence-electron chi connectivity index (χ2n) is 5.65. The van der Waals surface area contributed by atoms with E-state index in [0.717, 1.165) is 24.1 Å².